The lowest BCUT2D eigenvalue weighted by Gasteiger charge is -2.28. The number of phenols is 1. The second kappa shape index (κ2) is 9.76. The van der Waals surface area contributed by atoms with Crippen LogP contribution in [0.2, 0.25) is 0 Å². The van der Waals surface area contributed by atoms with Crippen molar-refractivity contribution in [1.29, 1.82) is 0 Å². The number of anilines is 2. The van der Waals surface area contributed by atoms with Crippen LogP contribution < -0.4 is 14.8 Å². The van der Waals surface area contributed by atoms with Crippen molar-refractivity contribution in [2.24, 2.45) is 0 Å². The summed E-state index contributed by atoms with van der Waals surface area (Å²) in [5.74, 6) is 1.03. The fraction of sp³-hybridized carbons (Fsp3) is 0.259. The van der Waals surface area contributed by atoms with Crippen molar-refractivity contribution < 1.29 is 19.0 Å². The van der Waals surface area contributed by atoms with E-state index in [1.807, 2.05) is 0 Å². The Morgan fingerprint density at radius 3 is 2.74 bits per heavy atom. The van der Waals surface area contributed by atoms with Gasteiger partial charge < -0.3 is 19.9 Å². The topological polar surface area (TPSA) is 79.7 Å². The molecule has 0 spiro atoms. The summed E-state index contributed by atoms with van der Waals surface area (Å²) in [4.78, 5) is 11.0. The molecule has 3 aromatic carbocycles. The molecule has 0 aliphatic carbocycles. The maximum absolute atomic E-state index is 14.4. The number of nitrogens with zero attached hydrogens (tertiary/aromatic N) is 3. The molecule has 0 bridgehead atoms. The highest BCUT2D eigenvalue weighted by molar-refractivity contribution is 5.93. The van der Waals surface area contributed by atoms with E-state index >= 15 is 0 Å². The van der Waals surface area contributed by atoms with E-state index in [4.69, 9.17) is 9.47 Å². The number of benzene rings is 3. The number of aromatic hydroxyl groups is 1. The van der Waals surface area contributed by atoms with Crippen LogP contribution >= 0.6 is 0 Å². The molecule has 2 N–H and O–H groups in total. The number of aromatic nitrogens is 2. The van der Waals surface area contributed by atoms with E-state index in [1.165, 1.54) is 29.6 Å². The number of phenolic OH excluding ortho intramolecular Hbond substituents is 1. The monoisotopic (exact) mass is 474 g/mol. The van der Waals surface area contributed by atoms with Gasteiger partial charge in [0.15, 0.2) is 11.5 Å². The average Bonchev–Trinajstić information content (AvgIpc) is 2.88. The van der Waals surface area contributed by atoms with E-state index in [0.717, 1.165) is 26.1 Å². The standard InChI is InChI=1S/C27H27FN4O3/c1-17-23(33)8-7-21(28)26(17)31-27-20-13-24(34-2)25(14-22(20)29-16-30-27)35-12-11-32-10-9-18-5-3-4-6-19(18)15-32/h3-8,13-14,16,33H,9-12,15H2,1-2H3,(H,29,30,31). The average molecular weight is 475 g/mol. The number of rotatable bonds is 7. The van der Waals surface area contributed by atoms with Gasteiger partial charge in [0.2, 0.25) is 0 Å². The first-order chi connectivity index (χ1) is 17.0. The Morgan fingerprint density at radius 1 is 1.09 bits per heavy atom. The van der Waals surface area contributed by atoms with Gasteiger partial charge in [-0.1, -0.05) is 24.3 Å². The van der Waals surface area contributed by atoms with Crippen molar-refractivity contribution in [2.45, 2.75) is 19.9 Å². The van der Waals surface area contributed by atoms with Gasteiger partial charge in [0.1, 0.15) is 30.3 Å². The van der Waals surface area contributed by atoms with Crippen LogP contribution in [0.3, 0.4) is 0 Å². The Labute approximate surface area is 203 Å². The van der Waals surface area contributed by atoms with Crippen molar-refractivity contribution in [1.82, 2.24) is 14.9 Å². The van der Waals surface area contributed by atoms with Crippen LogP contribution in [0.15, 0.2) is 54.9 Å². The van der Waals surface area contributed by atoms with Crippen LogP contribution in [0, 0.1) is 12.7 Å². The first-order valence-electron chi connectivity index (χ1n) is 11.5. The van der Waals surface area contributed by atoms with Gasteiger partial charge in [0, 0.05) is 36.7 Å². The SMILES string of the molecule is COc1cc2c(Nc3c(F)ccc(O)c3C)ncnc2cc1OCCN1CCc2ccccc2C1. The molecule has 1 aromatic heterocycles. The van der Waals surface area contributed by atoms with E-state index < -0.39 is 5.82 Å². The predicted molar refractivity (Wildman–Crippen MR) is 133 cm³/mol. The zero-order chi connectivity index (χ0) is 24.4. The van der Waals surface area contributed by atoms with Crippen molar-refractivity contribution in [2.75, 3.05) is 32.1 Å². The highest BCUT2D eigenvalue weighted by Crippen LogP contribution is 2.36. The molecule has 1 aliphatic heterocycles. The van der Waals surface area contributed by atoms with Gasteiger partial charge in [0.25, 0.3) is 0 Å². The second-order valence-corrected chi connectivity index (χ2v) is 8.58. The number of halogens is 1. The van der Waals surface area contributed by atoms with E-state index in [2.05, 4.69) is 44.5 Å². The Balaban J connectivity index is 1.34. The lowest BCUT2D eigenvalue weighted by Crippen LogP contribution is -2.33. The fourth-order valence-corrected chi connectivity index (χ4v) is 4.41. The molecular weight excluding hydrogens is 447 g/mol. The molecule has 0 saturated heterocycles. The van der Waals surface area contributed by atoms with Gasteiger partial charge in [-0.2, -0.15) is 0 Å². The molecule has 35 heavy (non-hydrogen) atoms. The van der Waals surface area contributed by atoms with Crippen molar-refractivity contribution in [3.8, 4) is 17.2 Å². The van der Waals surface area contributed by atoms with Crippen molar-refractivity contribution in [3.63, 3.8) is 0 Å². The predicted octanol–water partition coefficient (Wildman–Crippen LogP) is 4.97. The number of ether oxygens (including phenoxy) is 2. The minimum atomic E-state index is -0.487. The third-order valence-corrected chi connectivity index (χ3v) is 6.42. The molecule has 0 fully saturated rings. The van der Waals surface area contributed by atoms with Crippen LogP contribution in [0.5, 0.6) is 17.2 Å². The van der Waals surface area contributed by atoms with Crippen LogP contribution in [-0.4, -0.2) is 46.8 Å². The Hall–Kier alpha value is -3.91. The summed E-state index contributed by atoms with van der Waals surface area (Å²) in [5, 5.41) is 13.6. The van der Waals surface area contributed by atoms with Gasteiger partial charge in [-0.05, 0) is 42.7 Å². The van der Waals surface area contributed by atoms with E-state index in [0.29, 0.717) is 40.4 Å². The quantitative estimate of drug-likeness (QED) is 0.391. The van der Waals surface area contributed by atoms with Crippen LogP contribution in [0.25, 0.3) is 10.9 Å². The third kappa shape index (κ3) is 4.70. The first kappa shape index (κ1) is 22.9. The molecule has 5 rings (SSSR count). The third-order valence-electron chi connectivity index (χ3n) is 6.42. The van der Waals surface area contributed by atoms with E-state index in [-0.39, 0.29) is 11.4 Å². The van der Waals surface area contributed by atoms with Gasteiger partial charge in [-0.25, -0.2) is 14.4 Å². The highest BCUT2D eigenvalue weighted by atomic mass is 19.1. The summed E-state index contributed by atoms with van der Waals surface area (Å²) in [6, 6.07) is 14.7. The van der Waals surface area contributed by atoms with E-state index in [1.54, 1.807) is 26.2 Å². The molecule has 0 saturated carbocycles. The molecule has 180 valence electrons. The maximum atomic E-state index is 14.4. The minimum absolute atomic E-state index is 0.00211. The van der Waals surface area contributed by atoms with Crippen LogP contribution in [0.4, 0.5) is 15.9 Å². The molecule has 2 heterocycles. The fourth-order valence-electron chi connectivity index (χ4n) is 4.41. The lowest BCUT2D eigenvalue weighted by atomic mass is 10.0. The zero-order valence-electron chi connectivity index (χ0n) is 19.7. The summed E-state index contributed by atoms with van der Waals surface area (Å²) < 4.78 is 26.1. The number of nitrogens with one attached hydrogen (secondary N) is 1. The number of hydrogen-bond donors (Lipinski definition) is 2. The molecule has 4 aromatic rings. The summed E-state index contributed by atoms with van der Waals surface area (Å²) in [6.45, 7) is 4.86. The van der Waals surface area contributed by atoms with Crippen LogP contribution in [-0.2, 0) is 13.0 Å². The molecule has 0 unspecified atom stereocenters. The van der Waals surface area contributed by atoms with Gasteiger partial charge in [0.05, 0.1) is 18.3 Å². The molecular formula is C27H27FN4O3. The maximum Gasteiger partial charge on any atom is 0.163 e. The van der Waals surface area contributed by atoms with Gasteiger partial charge >= 0.3 is 0 Å². The molecule has 1 aliphatic rings. The van der Waals surface area contributed by atoms with Gasteiger partial charge in [-0.3, -0.25) is 4.90 Å². The summed E-state index contributed by atoms with van der Waals surface area (Å²) in [7, 11) is 1.57. The molecule has 0 amide bonds. The minimum Gasteiger partial charge on any atom is -0.508 e. The normalized spacial score (nSPS) is 13.5. The lowest BCUT2D eigenvalue weighted by molar-refractivity contribution is 0.193. The summed E-state index contributed by atoms with van der Waals surface area (Å²) in [6.07, 6.45) is 2.45. The Kier molecular flexibility index (Phi) is 6.37. The molecule has 0 atom stereocenters. The van der Waals surface area contributed by atoms with Crippen LogP contribution in [0.1, 0.15) is 16.7 Å². The number of hydrogen-bond acceptors (Lipinski definition) is 7. The van der Waals surface area contributed by atoms with Crippen molar-refractivity contribution in [3.05, 3.63) is 77.4 Å². The first-order valence-corrected chi connectivity index (χ1v) is 11.5. The summed E-state index contributed by atoms with van der Waals surface area (Å²) >= 11 is 0. The van der Waals surface area contributed by atoms with Gasteiger partial charge in [-0.15, -0.1) is 0 Å². The largest absolute Gasteiger partial charge is 0.508 e. The van der Waals surface area contributed by atoms with Crippen molar-refractivity contribution >= 4 is 22.4 Å². The Morgan fingerprint density at radius 2 is 1.91 bits per heavy atom. The summed E-state index contributed by atoms with van der Waals surface area (Å²) in [5.41, 5.74) is 3.97. The second-order valence-electron chi connectivity index (χ2n) is 8.58. The smallest absolute Gasteiger partial charge is 0.163 e. The number of fused-ring (bicyclic) bond motifs is 2. The zero-order valence-corrected chi connectivity index (χ0v) is 19.7. The highest BCUT2D eigenvalue weighted by Gasteiger charge is 2.17. The Bertz CT molecular complexity index is 1380. The number of methoxy groups -OCH3 is 1. The molecule has 8 heteroatoms. The van der Waals surface area contributed by atoms with E-state index in [9.17, 15) is 9.50 Å². The molecule has 7 nitrogen and oxygen atoms in total. The molecule has 0 radical (unpaired) electrons.